The minimum absolute atomic E-state index is 0.0947. The number of aromatic amines is 1. The van der Waals surface area contributed by atoms with E-state index in [1.165, 1.54) is 0 Å². The Morgan fingerprint density at radius 2 is 1.93 bits per heavy atom. The number of aromatic nitrogens is 2. The molecule has 2 N–H and O–H groups in total. The summed E-state index contributed by atoms with van der Waals surface area (Å²) in [5.41, 5.74) is 1.50. The zero-order valence-electron chi connectivity index (χ0n) is 16.2. The van der Waals surface area contributed by atoms with Gasteiger partial charge in [-0.2, -0.15) is 5.10 Å². The maximum Gasteiger partial charge on any atom is 0.419 e. The van der Waals surface area contributed by atoms with Gasteiger partial charge in [0, 0.05) is 36.2 Å². The average Bonchev–Trinajstić information content (AvgIpc) is 3.48. The summed E-state index contributed by atoms with van der Waals surface area (Å²) in [6, 6.07) is 5.70. The van der Waals surface area contributed by atoms with Crippen molar-refractivity contribution in [1.29, 1.82) is 0 Å². The Bertz CT molecular complexity index is 998. The van der Waals surface area contributed by atoms with E-state index in [9.17, 15) is 14.4 Å². The van der Waals surface area contributed by atoms with Crippen LogP contribution < -0.4 is 5.32 Å². The van der Waals surface area contributed by atoms with Gasteiger partial charge >= 0.3 is 12.1 Å². The van der Waals surface area contributed by atoms with Gasteiger partial charge in [0.05, 0.1) is 11.4 Å². The van der Waals surface area contributed by atoms with Gasteiger partial charge in [-0.15, -0.1) is 0 Å². The maximum absolute atomic E-state index is 13.2. The van der Waals surface area contributed by atoms with Crippen molar-refractivity contribution >= 4 is 34.6 Å². The fourth-order valence-electron chi connectivity index (χ4n) is 4.32. The molecule has 1 aromatic heterocycles. The molecule has 0 spiro atoms. The predicted octanol–water partition coefficient (Wildman–Crippen LogP) is 1.97. The largest absolute Gasteiger partial charge is 0.419 e. The highest BCUT2D eigenvalue weighted by Crippen LogP contribution is 2.31. The predicted molar refractivity (Wildman–Crippen MR) is 104 cm³/mol. The minimum atomic E-state index is -0.811. The molecule has 29 heavy (non-hydrogen) atoms. The number of benzene rings is 1. The van der Waals surface area contributed by atoms with E-state index in [1.54, 1.807) is 18.2 Å². The fourth-order valence-corrected chi connectivity index (χ4v) is 4.32. The molecule has 4 fully saturated rings. The second-order valence-corrected chi connectivity index (χ2v) is 8.22. The smallest absolute Gasteiger partial charge is 0.376 e. The van der Waals surface area contributed by atoms with Gasteiger partial charge < -0.3 is 9.64 Å². The molecule has 3 aliphatic heterocycles. The van der Waals surface area contributed by atoms with E-state index in [0.29, 0.717) is 34.9 Å². The second kappa shape index (κ2) is 6.84. The molecular formula is C20H23N5O4. The maximum atomic E-state index is 13.2. The summed E-state index contributed by atoms with van der Waals surface area (Å²) < 4.78 is 4.80. The zero-order valence-corrected chi connectivity index (χ0v) is 16.2. The first-order valence-electron chi connectivity index (χ1n) is 10.0. The van der Waals surface area contributed by atoms with Crippen LogP contribution in [0, 0.1) is 5.92 Å². The van der Waals surface area contributed by atoms with E-state index in [1.807, 2.05) is 4.90 Å². The molecule has 0 radical (unpaired) electrons. The normalized spacial score (nSPS) is 24.0. The van der Waals surface area contributed by atoms with Crippen molar-refractivity contribution < 1.29 is 19.1 Å². The van der Waals surface area contributed by atoms with E-state index in [2.05, 4.69) is 27.5 Å². The molecule has 2 aromatic rings. The molecule has 9 heteroatoms. The zero-order chi connectivity index (χ0) is 20.1. The van der Waals surface area contributed by atoms with Crippen LogP contribution in [0.25, 0.3) is 10.9 Å². The SMILES string of the molecule is CN1CC2CCC1CN2C(=O)c1n[nH]c2ccc(NC(=O)OC(=O)C3CC3)cc12. The average molecular weight is 397 g/mol. The number of hydrogen-bond acceptors (Lipinski definition) is 6. The van der Waals surface area contributed by atoms with Crippen molar-refractivity contribution in [2.45, 2.75) is 37.8 Å². The number of nitrogens with one attached hydrogen (secondary N) is 2. The Labute approximate surface area is 167 Å². The van der Waals surface area contributed by atoms with Gasteiger partial charge in [0.15, 0.2) is 5.69 Å². The summed E-state index contributed by atoms with van der Waals surface area (Å²) >= 11 is 0. The molecule has 2 unspecified atom stereocenters. The van der Waals surface area contributed by atoms with Gasteiger partial charge in [-0.05, 0) is 50.9 Å². The third kappa shape index (κ3) is 3.35. The second-order valence-electron chi connectivity index (χ2n) is 8.22. The molecule has 6 rings (SSSR count). The minimum Gasteiger partial charge on any atom is -0.376 e. The van der Waals surface area contributed by atoms with Gasteiger partial charge in [-0.1, -0.05) is 0 Å². The lowest BCUT2D eigenvalue weighted by molar-refractivity contribution is -0.138. The fraction of sp³-hybridized carbons (Fsp3) is 0.500. The molecular weight excluding hydrogens is 374 g/mol. The molecule has 152 valence electrons. The lowest BCUT2D eigenvalue weighted by atomic mass is 9.91. The highest BCUT2D eigenvalue weighted by atomic mass is 16.6. The molecule has 2 atom stereocenters. The van der Waals surface area contributed by atoms with Crippen molar-refractivity contribution in [3.8, 4) is 0 Å². The Hall–Kier alpha value is -2.94. The van der Waals surface area contributed by atoms with E-state index in [4.69, 9.17) is 4.74 Å². The number of esters is 1. The van der Waals surface area contributed by atoms with Gasteiger partial charge in [-0.25, -0.2) is 4.79 Å². The number of likely N-dealkylation sites (N-methyl/N-ethyl adjacent to an activating group) is 1. The Balaban J connectivity index is 1.35. The van der Waals surface area contributed by atoms with E-state index in [0.717, 1.165) is 32.2 Å². The number of piperidine rings is 2. The topological polar surface area (TPSA) is 108 Å². The van der Waals surface area contributed by atoms with Crippen molar-refractivity contribution in [3.05, 3.63) is 23.9 Å². The first-order valence-corrected chi connectivity index (χ1v) is 10.0. The van der Waals surface area contributed by atoms with Gasteiger partial charge in [-0.3, -0.25) is 24.9 Å². The van der Waals surface area contributed by atoms with Gasteiger partial charge in [0.25, 0.3) is 5.91 Å². The number of rotatable bonds is 3. The van der Waals surface area contributed by atoms with Crippen LogP contribution in [0.2, 0.25) is 0 Å². The summed E-state index contributed by atoms with van der Waals surface area (Å²) in [6.45, 7) is 1.59. The van der Waals surface area contributed by atoms with Crippen molar-refractivity contribution in [1.82, 2.24) is 20.0 Å². The van der Waals surface area contributed by atoms with Crippen LogP contribution in [-0.4, -0.2) is 70.2 Å². The van der Waals surface area contributed by atoms with Crippen LogP contribution in [0.15, 0.2) is 18.2 Å². The number of carbonyl (C=O) groups is 3. The molecule has 2 bridgehead atoms. The lowest BCUT2D eigenvalue weighted by Gasteiger charge is -2.50. The number of piperazine rings is 1. The number of nitrogens with zero attached hydrogens (tertiary/aromatic N) is 3. The number of anilines is 1. The first kappa shape index (κ1) is 18.1. The Morgan fingerprint density at radius 3 is 2.62 bits per heavy atom. The third-order valence-electron chi connectivity index (χ3n) is 6.18. The number of hydrogen-bond donors (Lipinski definition) is 2. The molecule has 1 aliphatic carbocycles. The van der Waals surface area contributed by atoms with Crippen LogP contribution in [0.1, 0.15) is 36.2 Å². The number of amides is 2. The first-order chi connectivity index (χ1) is 14.0. The third-order valence-corrected chi connectivity index (χ3v) is 6.18. The summed E-state index contributed by atoms with van der Waals surface area (Å²) in [5, 5.41) is 10.3. The summed E-state index contributed by atoms with van der Waals surface area (Å²) in [6.07, 6.45) is 2.85. The Morgan fingerprint density at radius 1 is 1.14 bits per heavy atom. The van der Waals surface area contributed by atoms with E-state index >= 15 is 0 Å². The molecule has 9 nitrogen and oxygen atoms in total. The van der Waals surface area contributed by atoms with Gasteiger partial charge in [0.2, 0.25) is 0 Å². The molecule has 2 amide bonds. The monoisotopic (exact) mass is 397 g/mol. The van der Waals surface area contributed by atoms with Crippen LogP contribution in [0.4, 0.5) is 10.5 Å². The van der Waals surface area contributed by atoms with E-state index in [-0.39, 0.29) is 17.9 Å². The Kier molecular flexibility index (Phi) is 4.27. The number of fused-ring (bicyclic) bond motifs is 4. The standard InChI is InChI=1S/C20H23N5O4/c1-24-9-14-6-5-13(24)10-25(14)18(26)17-15-8-12(4-7-16(15)22-23-17)21-20(28)29-19(27)11-2-3-11/h4,7-8,11,13-14H,2-3,5-6,9-10H2,1H3,(H,21,28)(H,22,23). The van der Waals surface area contributed by atoms with Crippen molar-refractivity contribution in [3.63, 3.8) is 0 Å². The lowest BCUT2D eigenvalue weighted by Crippen LogP contribution is -2.62. The summed E-state index contributed by atoms with van der Waals surface area (Å²) in [5.74, 6) is -0.740. The van der Waals surface area contributed by atoms with Gasteiger partial charge in [0.1, 0.15) is 0 Å². The van der Waals surface area contributed by atoms with Crippen LogP contribution >= 0.6 is 0 Å². The van der Waals surface area contributed by atoms with Crippen LogP contribution in [-0.2, 0) is 9.53 Å². The van der Waals surface area contributed by atoms with Crippen molar-refractivity contribution in [2.75, 3.05) is 25.5 Å². The summed E-state index contributed by atoms with van der Waals surface area (Å²) in [7, 11) is 2.10. The summed E-state index contributed by atoms with van der Waals surface area (Å²) in [4.78, 5) is 41.0. The number of carbonyl (C=O) groups excluding carboxylic acids is 3. The van der Waals surface area contributed by atoms with Crippen molar-refractivity contribution in [2.24, 2.45) is 5.92 Å². The quantitative estimate of drug-likeness (QED) is 0.606. The highest BCUT2D eigenvalue weighted by molar-refractivity contribution is 6.06. The van der Waals surface area contributed by atoms with Crippen LogP contribution in [0.3, 0.4) is 0 Å². The highest BCUT2D eigenvalue weighted by Gasteiger charge is 2.40. The molecule has 3 saturated heterocycles. The van der Waals surface area contributed by atoms with Crippen LogP contribution in [0.5, 0.6) is 0 Å². The molecule has 1 aromatic carbocycles. The molecule has 4 aliphatic rings. The molecule has 1 saturated carbocycles. The molecule has 4 heterocycles. The number of ether oxygens (including phenoxy) is 1. The number of H-pyrrole nitrogens is 1. The van der Waals surface area contributed by atoms with E-state index < -0.39 is 12.1 Å².